The lowest BCUT2D eigenvalue weighted by Gasteiger charge is -2.16. The number of nitrogens with one attached hydrogen (secondary N) is 1. The fourth-order valence-electron chi connectivity index (χ4n) is 2.07. The number of aromatic nitrogens is 3. The van der Waals surface area contributed by atoms with E-state index in [1.54, 1.807) is 24.9 Å². The molecule has 4 heteroatoms. The van der Waals surface area contributed by atoms with E-state index >= 15 is 0 Å². The van der Waals surface area contributed by atoms with E-state index in [4.69, 9.17) is 0 Å². The van der Waals surface area contributed by atoms with Crippen LogP contribution >= 0.6 is 0 Å². The molecule has 2 aromatic rings. The molecule has 4 nitrogen and oxygen atoms in total. The molecule has 1 aliphatic rings. The van der Waals surface area contributed by atoms with Crippen molar-refractivity contribution in [3.05, 3.63) is 53.4 Å². The van der Waals surface area contributed by atoms with Crippen LogP contribution in [0.25, 0.3) is 6.08 Å². The Morgan fingerprint density at radius 1 is 1.24 bits per heavy atom. The Morgan fingerprint density at radius 2 is 2.18 bits per heavy atom. The van der Waals surface area contributed by atoms with Crippen molar-refractivity contribution in [1.29, 1.82) is 0 Å². The number of hydrogen-bond donors (Lipinski definition) is 1. The van der Waals surface area contributed by atoms with Gasteiger partial charge < -0.3 is 4.98 Å². The van der Waals surface area contributed by atoms with Crippen LogP contribution in [-0.2, 0) is 6.42 Å². The molecular formula is C13H11N3O. The molecule has 1 N–H and O–H groups in total. The predicted octanol–water partition coefficient (Wildman–Crippen LogP) is 2.02. The summed E-state index contributed by atoms with van der Waals surface area (Å²) in [5.41, 5.74) is 3.49. The zero-order valence-electron chi connectivity index (χ0n) is 9.18. The average Bonchev–Trinajstić information content (AvgIpc) is 2.86. The van der Waals surface area contributed by atoms with E-state index in [0.29, 0.717) is 0 Å². The molecule has 0 aromatic carbocycles. The summed E-state index contributed by atoms with van der Waals surface area (Å²) in [5.74, 6) is 0.0777. The lowest BCUT2D eigenvalue weighted by molar-refractivity contribution is 0.102. The maximum atomic E-state index is 12.2. The van der Waals surface area contributed by atoms with Crippen LogP contribution in [0.15, 0.2) is 36.6 Å². The van der Waals surface area contributed by atoms with E-state index in [-0.39, 0.29) is 5.78 Å². The van der Waals surface area contributed by atoms with Crippen molar-refractivity contribution in [3.63, 3.8) is 0 Å². The number of hydrogen-bond acceptors (Lipinski definition) is 3. The van der Waals surface area contributed by atoms with Gasteiger partial charge in [-0.3, -0.25) is 9.78 Å². The Labute approximate surface area is 98.4 Å². The lowest BCUT2D eigenvalue weighted by atomic mass is 9.88. The highest BCUT2D eigenvalue weighted by atomic mass is 16.1. The minimum absolute atomic E-state index is 0.0777. The number of H-pyrrole nitrogens is 1. The van der Waals surface area contributed by atoms with Crippen LogP contribution in [0.5, 0.6) is 0 Å². The fourth-order valence-corrected chi connectivity index (χ4v) is 2.07. The molecule has 0 spiro atoms. The van der Waals surface area contributed by atoms with Crippen molar-refractivity contribution < 1.29 is 4.79 Å². The van der Waals surface area contributed by atoms with Gasteiger partial charge in [0.05, 0.1) is 18.2 Å². The van der Waals surface area contributed by atoms with Crippen LogP contribution in [0.3, 0.4) is 0 Å². The highest BCUT2D eigenvalue weighted by molar-refractivity contribution is 6.12. The number of aryl methyl sites for hydroxylation is 1. The molecule has 84 valence electrons. The highest BCUT2D eigenvalue weighted by Crippen LogP contribution is 2.25. The minimum Gasteiger partial charge on any atom is -0.345 e. The molecule has 17 heavy (non-hydrogen) atoms. The molecule has 0 aliphatic heterocycles. The molecule has 0 fully saturated rings. The SMILES string of the molecule is O=C1C(=Cc2cnc[nH]2)CCc2ccncc21. The van der Waals surface area contributed by atoms with E-state index < -0.39 is 0 Å². The van der Waals surface area contributed by atoms with Gasteiger partial charge in [0.1, 0.15) is 0 Å². The Morgan fingerprint density at radius 3 is 3.00 bits per heavy atom. The Hall–Kier alpha value is -2.23. The lowest BCUT2D eigenvalue weighted by Crippen LogP contribution is -2.14. The summed E-state index contributed by atoms with van der Waals surface area (Å²) in [4.78, 5) is 23.1. The highest BCUT2D eigenvalue weighted by Gasteiger charge is 2.21. The van der Waals surface area contributed by atoms with E-state index in [9.17, 15) is 4.79 Å². The van der Waals surface area contributed by atoms with Crippen molar-refractivity contribution in [2.45, 2.75) is 12.8 Å². The number of carbonyl (C=O) groups is 1. The summed E-state index contributed by atoms with van der Waals surface area (Å²) in [5, 5.41) is 0. The van der Waals surface area contributed by atoms with Gasteiger partial charge in [0.15, 0.2) is 5.78 Å². The molecule has 0 bridgehead atoms. The summed E-state index contributed by atoms with van der Waals surface area (Å²) in [6.07, 6.45) is 10.2. The predicted molar refractivity (Wildman–Crippen MR) is 63.5 cm³/mol. The third kappa shape index (κ3) is 1.78. The van der Waals surface area contributed by atoms with Gasteiger partial charge in [-0.25, -0.2) is 4.98 Å². The zero-order chi connectivity index (χ0) is 11.7. The first kappa shape index (κ1) is 9.96. The van der Waals surface area contributed by atoms with Gasteiger partial charge in [0, 0.05) is 23.5 Å². The van der Waals surface area contributed by atoms with Crippen LogP contribution in [0.1, 0.15) is 28.0 Å². The fraction of sp³-hybridized carbons (Fsp3) is 0.154. The second-order valence-corrected chi connectivity index (χ2v) is 4.04. The van der Waals surface area contributed by atoms with Crippen LogP contribution in [0.2, 0.25) is 0 Å². The number of carbonyl (C=O) groups excluding carboxylic acids is 1. The first-order valence-electron chi connectivity index (χ1n) is 5.51. The van der Waals surface area contributed by atoms with Gasteiger partial charge in [0.25, 0.3) is 0 Å². The van der Waals surface area contributed by atoms with Crippen molar-refractivity contribution in [2.24, 2.45) is 0 Å². The maximum absolute atomic E-state index is 12.2. The molecule has 0 amide bonds. The van der Waals surface area contributed by atoms with Gasteiger partial charge in [-0.05, 0) is 30.5 Å². The molecule has 1 aliphatic carbocycles. The van der Waals surface area contributed by atoms with E-state index in [2.05, 4.69) is 15.0 Å². The number of aromatic amines is 1. The topological polar surface area (TPSA) is 58.6 Å². The van der Waals surface area contributed by atoms with Gasteiger partial charge in [0.2, 0.25) is 0 Å². The van der Waals surface area contributed by atoms with Gasteiger partial charge in [-0.1, -0.05) is 0 Å². The number of allylic oxidation sites excluding steroid dienone is 1. The first-order valence-corrected chi connectivity index (χ1v) is 5.51. The van der Waals surface area contributed by atoms with Crippen molar-refractivity contribution >= 4 is 11.9 Å². The summed E-state index contributed by atoms with van der Waals surface area (Å²) in [6.45, 7) is 0. The molecule has 0 saturated carbocycles. The monoisotopic (exact) mass is 225 g/mol. The molecule has 0 saturated heterocycles. The summed E-state index contributed by atoms with van der Waals surface area (Å²) >= 11 is 0. The van der Waals surface area contributed by atoms with Crippen LogP contribution in [-0.4, -0.2) is 20.7 Å². The summed E-state index contributed by atoms with van der Waals surface area (Å²) in [6, 6.07) is 1.92. The number of Topliss-reactive ketones (excluding diaryl/α,β-unsaturated/α-hetero) is 1. The Kier molecular flexibility index (Phi) is 2.33. The number of ketones is 1. The van der Waals surface area contributed by atoms with Gasteiger partial charge >= 0.3 is 0 Å². The number of pyridine rings is 1. The third-order valence-corrected chi connectivity index (χ3v) is 2.96. The van der Waals surface area contributed by atoms with E-state index in [1.165, 1.54) is 0 Å². The second kappa shape index (κ2) is 3.97. The quantitative estimate of drug-likeness (QED) is 0.755. The zero-order valence-corrected chi connectivity index (χ0v) is 9.18. The van der Waals surface area contributed by atoms with Gasteiger partial charge in [-0.2, -0.15) is 0 Å². The second-order valence-electron chi connectivity index (χ2n) is 4.04. The number of nitrogens with zero attached hydrogens (tertiary/aromatic N) is 2. The van der Waals surface area contributed by atoms with Crippen LogP contribution in [0, 0.1) is 0 Å². The standard InChI is InChI=1S/C13H11N3O/c17-13-10(5-11-6-15-8-16-11)2-1-9-3-4-14-7-12(9)13/h3-8H,1-2H2,(H,15,16). The molecule has 2 heterocycles. The molecule has 0 unspecified atom stereocenters. The molecule has 0 atom stereocenters. The summed E-state index contributed by atoms with van der Waals surface area (Å²) in [7, 11) is 0. The van der Waals surface area contributed by atoms with Crippen LogP contribution in [0.4, 0.5) is 0 Å². The molecular weight excluding hydrogens is 214 g/mol. The van der Waals surface area contributed by atoms with E-state index in [0.717, 1.165) is 35.2 Å². The largest absolute Gasteiger partial charge is 0.345 e. The normalized spacial score (nSPS) is 17.2. The molecule has 2 aromatic heterocycles. The molecule has 0 radical (unpaired) electrons. The number of fused-ring (bicyclic) bond motifs is 1. The number of rotatable bonds is 1. The van der Waals surface area contributed by atoms with Crippen molar-refractivity contribution in [1.82, 2.24) is 15.0 Å². The average molecular weight is 225 g/mol. The maximum Gasteiger partial charge on any atom is 0.190 e. The minimum atomic E-state index is 0.0777. The Bertz CT molecular complexity index is 584. The number of imidazole rings is 1. The van der Waals surface area contributed by atoms with Crippen molar-refractivity contribution in [3.8, 4) is 0 Å². The smallest absolute Gasteiger partial charge is 0.190 e. The third-order valence-electron chi connectivity index (χ3n) is 2.96. The van der Waals surface area contributed by atoms with Crippen LogP contribution < -0.4 is 0 Å². The first-order chi connectivity index (χ1) is 8.34. The van der Waals surface area contributed by atoms with E-state index in [1.807, 2.05) is 12.1 Å². The Balaban J connectivity index is 2.00. The summed E-state index contributed by atoms with van der Waals surface area (Å²) < 4.78 is 0. The molecule has 3 rings (SSSR count). The van der Waals surface area contributed by atoms with Crippen molar-refractivity contribution in [2.75, 3.05) is 0 Å². The van der Waals surface area contributed by atoms with Gasteiger partial charge in [-0.15, -0.1) is 0 Å².